The number of anilines is 2. The Kier molecular flexibility index (Phi) is 11.7. The first-order chi connectivity index (χ1) is 24.2. The fraction of sp³-hybridized carbons (Fsp3) is 0.211. The zero-order chi connectivity index (χ0) is 35.6. The maximum absolute atomic E-state index is 11.8. The van der Waals surface area contributed by atoms with Gasteiger partial charge in [-0.05, 0) is 79.9 Å². The highest BCUT2D eigenvalue weighted by Crippen LogP contribution is 2.27. The van der Waals surface area contributed by atoms with Crippen molar-refractivity contribution in [1.82, 2.24) is 19.9 Å². The van der Waals surface area contributed by atoms with Crippen LogP contribution in [0.5, 0.6) is 5.75 Å². The van der Waals surface area contributed by atoms with Crippen LogP contribution in [-0.2, 0) is 0 Å². The second-order valence-electron chi connectivity index (χ2n) is 11.3. The zero-order valence-electron chi connectivity index (χ0n) is 28.2. The molecule has 12 heteroatoms. The second kappa shape index (κ2) is 16.5. The van der Waals surface area contributed by atoms with E-state index < -0.39 is 11.8 Å². The molecule has 1 aliphatic rings. The molecule has 0 aliphatic carbocycles. The van der Waals surface area contributed by atoms with Crippen molar-refractivity contribution in [2.45, 2.75) is 20.3 Å². The molecular weight excluding hydrogens is 652 g/mol. The van der Waals surface area contributed by atoms with E-state index >= 15 is 0 Å². The number of nitrogens with zero attached hydrogens (tertiary/aromatic N) is 6. The van der Waals surface area contributed by atoms with Gasteiger partial charge in [0.2, 0.25) is 11.9 Å². The number of methoxy groups -OCH3 is 1. The van der Waals surface area contributed by atoms with Crippen LogP contribution in [0.15, 0.2) is 97.1 Å². The lowest BCUT2D eigenvalue weighted by Gasteiger charge is -2.27. The van der Waals surface area contributed by atoms with Gasteiger partial charge in [-0.25, -0.2) is 19.9 Å². The molecule has 6 rings (SSSR count). The Labute approximate surface area is 296 Å². The molecule has 2 amide bonds. The number of nitrogens with two attached hydrogens (primary N) is 2. The summed E-state index contributed by atoms with van der Waals surface area (Å²) in [7, 11) is 1.61. The van der Waals surface area contributed by atoms with Crippen molar-refractivity contribution < 1.29 is 14.3 Å². The number of halogens is 1. The van der Waals surface area contributed by atoms with Gasteiger partial charge in [0.15, 0.2) is 0 Å². The summed E-state index contributed by atoms with van der Waals surface area (Å²) in [5.74, 6) is 0.659. The molecule has 0 bridgehead atoms. The zero-order valence-corrected chi connectivity index (χ0v) is 29.0. The maximum Gasteiger partial charge on any atom is 0.267 e. The first-order valence-electron chi connectivity index (χ1n) is 16.2. The highest BCUT2D eigenvalue weighted by Gasteiger charge is 2.19. The van der Waals surface area contributed by atoms with Crippen LogP contribution in [0.2, 0.25) is 5.02 Å². The normalized spacial score (nSPS) is 12.3. The molecule has 0 unspecified atom stereocenters. The predicted molar refractivity (Wildman–Crippen MR) is 198 cm³/mol. The third-order valence-corrected chi connectivity index (χ3v) is 8.39. The van der Waals surface area contributed by atoms with E-state index in [1.165, 1.54) is 11.1 Å². The van der Waals surface area contributed by atoms with E-state index in [9.17, 15) is 9.59 Å². The van der Waals surface area contributed by atoms with Gasteiger partial charge < -0.3 is 26.0 Å². The van der Waals surface area contributed by atoms with Gasteiger partial charge >= 0.3 is 0 Å². The Morgan fingerprint density at radius 2 is 1.36 bits per heavy atom. The van der Waals surface area contributed by atoms with Crippen molar-refractivity contribution in [1.29, 1.82) is 0 Å². The Hall–Kier alpha value is -5.81. The molecule has 0 saturated carbocycles. The minimum absolute atomic E-state index is 0.211. The summed E-state index contributed by atoms with van der Waals surface area (Å²) < 4.78 is 5.15. The minimum atomic E-state index is -0.564. The van der Waals surface area contributed by atoms with Crippen molar-refractivity contribution in [3.8, 4) is 28.3 Å². The Balaban J connectivity index is 0.000000201. The van der Waals surface area contributed by atoms with Crippen LogP contribution >= 0.6 is 11.6 Å². The van der Waals surface area contributed by atoms with Crippen LogP contribution in [0.25, 0.3) is 28.1 Å². The molecule has 256 valence electrons. The number of aromatic nitrogens is 4. The van der Waals surface area contributed by atoms with E-state index in [0.29, 0.717) is 29.8 Å². The van der Waals surface area contributed by atoms with Gasteiger partial charge in [0.1, 0.15) is 17.1 Å². The lowest BCUT2D eigenvalue weighted by atomic mass is 10.00. The molecule has 0 radical (unpaired) electrons. The molecule has 0 atom stereocenters. The molecule has 0 fully saturated rings. The first kappa shape index (κ1) is 35.5. The summed E-state index contributed by atoms with van der Waals surface area (Å²) in [5.41, 5.74) is 16.9. The smallest absolute Gasteiger partial charge is 0.267 e. The van der Waals surface area contributed by atoms with E-state index in [1.54, 1.807) is 19.2 Å². The molecule has 0 saturated heterocycles. The van der Waals surface area contributed by atoms with Crippen LogP contribution in [0, 0.1) is 0 Å². The SMILES string of the molecule is CCN(CC)c1nc(C(N)=O)cc(-c2ccc(OC)cc2)n1.NC(=O)c1cc(-c2ccccc2)nc(N2CC=C(c3ccc(Cl)cc3)CC2)n1. The number of hydrogen-bond acceptors (Lipinski definition) is 9. The van der Waals surface area contributed by atoms with E-state index in [1.807, 2.05) is 97.6 Å². The number of primary amides is 2. The number of carbonyl (C=O) groups excluding carboxylic acids is 2. The van der Waals surface area contributed by atoms with Gasteiger partial charge in [0.05, 0.1) is 18.5 Å². The Morgan fingerprint density at radius 1 is 0.780 bits per heavy atom. The molecule has 5 aromatic rings. The number of rotatable bonds is 10. The van der Waals surface area contributed by atoms with Crippen molar-refractivity contribution in [2.75, 3.05) is 43.1 Å². The monoisotopic (exact) mass is 690 g/mol. The second-order valence-corrected chi connectivity index (χ2v) is 11.7. The third-order valence-electron chi connectivity index (χ3n) is 8.14. The first-order valence-corrected chi connectivity index (χ1v) is 16.6. The van der Waals surface area contributed by atoms with Gasteiger partial charge in [-0.15, -0.1) is 0 Å². The predicted octanol–water partition coefficient (Wildman–Crippen LogP) is 6.29. The molecule has 0 spiro atoms. The van der Waals surface area contributed by atoms with E-state index in [-0.39, 0.29) is 11.4 Å². The molecule has 3 aromatic carbocycles. The lowest BCUT2D eigenvalue weighted by Crippen LogP contribution is -2.31. The lowest BCUT2D eigenvalue weighted by molar-refractivity contribution is 0.0987. The van der Waals surface area contributed by atoms with Crippen molar-refractivity contribution in [3.05, 3.63) is 119 Å². The number of hydrogen-bond donors (Lipinski definition) is 2. The topological polar surface area (TPSA) is 153 Å². The van der Waals surface area contributed by atoms with E-state index in [2.05, 4.69) is 30.9 Å². The maximum atomic E-state index is 11.8. The largest absolute Gasteiger partial charge is 0.497 e. The molecule has 2 aromatic heterocycles. The average Bonchev–Trinajstić information content (AvgIpc) is 3.16. The minimum Gasteiger partial charge on any atom is -0.497 e. The Bertz CT molecular complexity index is 1970. The Morgan fingerprint density at radius 3 is 1.92 bits per heavy atom. The molecule has 1 aliphatic heterocycles. The van der Waals surface area contributed by atoms with Crippen LogP contribution in [-0.4, -0.2) is 65.0 Å². The van der Waals surface area contributed by atoms with Crippen LogP contribution < -0.4 is 26.0 Å². The van der Waals surface area contributed by atoms with Crippen molar-refractivity contribution in [2.24, 2.45) is 11.5 Å². The third kappa shape index (κ3) is 8.80. The van der Waals surface area contributed by atoms with Gasteiger partial charge in [-0.2, -0.15) is 0 Å². The molecule has 11 nitrogen and oxygen atoms in total. The van der Waals surface area contributed by atoms with E-state index in [0.717, 1.165) is 48.0 Å². The van der Waals surface area contributed by atoms with Crippen molar-refractivity contribution >= 4 is 40.9 Å². The summed E-state index contributed by atoms with van der Waals surface area (Å²) in [5, 5.41) is 0.729. The summed E-state index contributed by atoms with van der Waals surface area (Å²) in [6, 6.07) is 28.3. The van der Waals surface area contributed by atoms with E-state index in [4.69, 9.17) is 27.8 Å². The number of ether oxygens (including phenoxy) is 1. The molecule has 4 N–H and O–H groups in total. The molecule has 3 heterocycles. The van der Waals surface area contributed by atoms with Gasteiger partial charge in [0, 0.05) is 42.3 Å². The highest BCUT2D eigenvalue weighted by molar-refractivity contribution is 6.30. The standard InChI is InChI=1S/C22H19ClN4O.C16H20N4O2/c23-18-8-6-15(7-9-18)16-10-12-27(13-11-16)22-25-19(14-20(26-22)21(24)28)17-4-2-1-3-5-17;1-4-20(5-2)16-18-13(10-14(19-16)15(17)21)11-6-8-12(22-3)9-7-11/h1-10,14H,11-13H2,(H2,24,28);6-10H,4-5H2,1-3H3,(H2,17,21). The van der Waals surface area contributed by atoms with Crippen LogP contribution in [0.4, 0.5) is 11.9 Å². The summed E-state index contributed by atoms with van der Waals surface area (Å²) in [4.78, 5) is 45.2. The fourth-order valence-electron chi connectivity index (χ4n) is 5.35. The summed E-state index contributed by atoms with van der Waals surface area (Å²) >= 11 is 5.98. The highest BCUT2D eigenvalue weighted by atomic mass is 35.5. The van der Waals surface area contributed by atoms with Gasteiger partial charge in [-0.3, -0.25) is 9.59 Å². The summed E-state index contributed by atoms with van der Waals surface area (Å²) in [6.45, 7) is 6.94. The van der Waals surface area contributed by atoms with Crippen LogP contribution in [0.1, 0.15) is 46.8 Å². The summed E-state index contributed by atoms with van der Waals surface area (Å²) in [6.07, 6.45) is 3.02. The number of carbonyl (C=O) groups is 2. The average molecular weight is 691 g/mol. The van der Waals surface area contributed by atoms with Gasteiger partial charge in [0.25, 0.3) is 11.8 Å². The van der Waals surface area contributed by atoms with Crippen LogP contribution in [0.3, 0.4) is 0 Å². The van der Waals surface area contributed by atoms with Crippen molar-refractivity contribution in [3.63, 3.8) is 0 Å². The molecule has 50 heavy (non-hydrogen) atoms. The quantitative estimate of drug-likeness (QED) is 0.172. The fourth-order valence-corrected chi connectivity index (χ4v) is 5.48. The molecular formula is C38H39ClN8O3. The number of benzene rings is 3. The number of amides is 2. The van der Waals surface area contributed by atoms with Gasteiger partial charge in [-0.1, -0.05) is 60.1 Å².